The Balaban J connectivity index is 3.15. The van der Waals surface area contributed by atoms with Crippen LogP contribution in [0.4, 0.5) is 0 Å². The summed E-state index contributed by atoms with van der Waals surface area (Å²) in [7, 11) is 1.02. The fourth-order valence-electron chi connectivity index (χ4n) is 2.11. The van der Waals surface area contributed by atoms with Crippen molar-refractivity contribution in [2.24, 2.45) is 0 Å². The van der Waals surface area contributed by atoms with Crippen LogP contribution in [0, 0.1) is 0 Å². The number of carbonyl (C=O) groups excluding carboxylic acids is 2. The topological polar surface area (TPSA) is 71.1 Å². The van der Waals surface area contributed by atoms with Gasteiger partial charge < -0.3 is 18.6 Å². The van der Waals surface area contributed by atoms with Gasteiger partial charge in [-0.2, -0.15) is 0 Å². The van der Waals surface area contributed by atoms with Crippen molar-refractivity contribution < 1.29 is 28.2 Å². The van der Waals surface area contributed by atoms with E-state index in [1.807, 2.05) is 0 Å². The van der Waals surface area contributed by atoms with Gasteiger partial charge >= 0.3 is 5.97 Å². The maximum atomic E-state index is 11.9. The van der Waals surface area contributed by atoms with Gasteiger partial charge in [0.05, 0.1) is 20.8 Å². The van der Waals surface area contributed by atoms with Crippen molar-refractivity contribution in [3.05, 3.63) is 23.8 Å². The lowest BCUT2D eigenvalue weighted by Crippen LogP contribution is -2.44. The van der Waals surface area contributed by atoms with E-state index in [0.717, 1.165) is 0 Å². The summed E-state index contributed by atoms with van der Waals surface area (Å²) in [5, 5.41) is 0.0150. The van der Waals surface area contributed by atoms with E-state index in [-0.39, 0.29) is 23.8 Å². The number of rotatable bonds is 9. The van der Waals surface area contributed by atoms with E-state index < -0.39 is 14.3 Å². The minimum atomic E-state index is -2.10. The Labute approximate surface area is 168 Å². The second kappa shape index (κ2) is 9.77. The largest absolute Gasteiger partial charge is 0.539 e. The molecule has 0 N–H and O–H groups in total. The number of esters is 1. The van der Waals surface area contributed by atoms with E-state index in [1.54, 1.807) is 39.4 Å². The number of ether oxygens (including phenoxy) is 3. The quantitative estimate of drug-likeness (QED) is 0.257. The zero-order valence-electron chi connectivity index (χ0n) is 18.2. The average Bonchev–Trinajstić information content (AvgIpc) is 2.59. The highest BCUT2D eigenvalue weighted by Crippen LogP contribution is 2.45. The zero-order valence-corrected chi connectivity index (χ0v) is 19.2. The third kappa shape index (κ3) is 6.40. The number of hydrogen-bond donors (Lipinski definition) is 0. The molecule has 0 amide bonds. The number of carbonyl (C=O) groups is 2. The molecule has 0 bridgehead atoms. The van der Waals surface area contributed by atoms with Crippen LogP contribution in [0.1, 0.15) is 39.7 Å². The van der Waals surface area contributed by atoms with Crippen molar-refractivity contribution in [1.82, 2.24) is 0 Å². The van der Waals surface area contributed by atoms with E-state index >= 15 is 0 Å². The van der Waals surface area contributed by atoms with Crippen LogP contribution < -0.4 is 13.9 Å². The van der Waals surface area contributed by atoms with Gasteiger partial charge in [-0.1, -0.05) is 26.8 Å². The van der Waals surface area contributed by atoms with Crippen LogP contribution in [0.2, 0.25) is 18.1 Å². The second-order valence-electron chi connectivity index (χ2n) is 7.90. The molecule has 0 unspecified atom stereocenters. The van der Waals surface area contributed by atoms with Crippen molar-refractivity contribution in [3.63, 3.8) is 0 Å². The molecular weight excluding hydrogens is 376 g/mol. The molecule has 7 heteroatoms. The van der Waals surface area contributed by atoms with E-state index in [4.69, 9.17) is 18.6 Å². The van der Waals surface area contributed by atoms with Gasteiger partial charge in [-0.15, -0.1) is 0 Å². The molecule has 0 aliphatic carbocycles. The molecule has 0 heterocycles. The second-order valence-corrected chi connectivity index (χ2v) is 12.6. The summed E-state index contributed by atoms with van der Waals surface area (Å²) in [5.41, 5.74) is 0.702. The lowest BCUT2D eigenvalue weighted by Gasteiger charge is -2.37. The minimum absolute atomic E-state index is 0.0150. The predicted octanol–water partition coefficient (Wildman–Crippen LogP) is 4.62. The van der Waals surface area contributed by atoms with Gasteiger partial charge in [0.15, 0.2) is 23.0 Å². The van der Waals surface area contributed by atoms with E-state index in [0.29, 0.717) is 22.8 Å². The van der Waals surface area contributed by atoms with Crippen molar-refractivity contribution in [2.45, 2.75) is 52.2 Å². The molecule has 0 saturated carbocycles. The van der Waals surface area contributed by atoms with Gasteiger partial charge in [0, 0.05) is 0 Å². The summed E-state index contributed by atoms with van der Waals surface area (Å²) < 4.78 is 22.2. The number of hydrogen-bond acceptors (Lipinski definition) is 6. The first-order valence-corrected chi connectivity index (χ1v) is 12.2. The van der Waals surface area contributed by atoms with Crippen LogP contribution in [-0.4, -0.2) is 40.9 Å². The Morgan fingerprint density at radius 2 is 1.61 bits per heavy atom. The molecule has 0 saturated heterocycles. The smallest absolute Gasteiger partial charge is 0.313 e. The molecule has 1 aromatic carbocycles. The summed E-state index contributed by atoms with van der Waals surface area (Å²) in [4.78, 5) is 23.3. The first kappa shape index (κ1) is 23.8. The first-order chi connectivity index (χ1) is 12.9. The Hall–Kier alpha value is -2.28. The summed E-state index contributed by atoms with van der Waals surface area (Å²) in [6.45, 7) is 12.7. The molecule has 0 aliphatic heterocycles. The SMILES string of the molecule is CCOC(=O)CC(=O)C=Cc1cc(OC)c(O[Si](C)(C)C(C)(C)C)c(OC)c1. The maximum absolute atomic E-state index is 11.9. The summed E-state index contributed by atoms with van der Waals surface area (Å²) in [6, 6.07) is 3.55. The number of methoxy groups -OCH3 is 2. The van der Waals surface area contributed by atoms with Gasteiger partial charge in [0.2, 0.25) is 0 Å². The first-order valence-electron chi connectivity index (χ1n) is 9.26. The number of benzene rings is 1. The lowest BCUT2D eigenvalue weighted by atomic mass is 10.1. The molecular formula is C21H32O6Si. The van der Waals surface area contributed by atoms with Gasteiger partial charge in [0.1, 0.15) is 6.42 Å². The van der Waals surface area contributed by atoms with Crippen LogP contribution in [0.5, 0.6) is 17.2 Å². The standard InChI is InChI=1S/C21H32O6Si/c1-9-26-19(23)14-16(22)11-10-15-12-17(24-5)20(18(13-15)25-6)27-28(7,8)21(2,3)4/h10-13H,9,14H2,1-8H3. The molecule has 0 aliphatic rings. The molecule has 1 rings (SSSR count). The van der Waals surface area contributed by atoms with Crippen LogP contribution in [0.25, 0.3) is 6.08 Å². The Kier molecular flexibility index (Phi) is 8.29. The van der Waals surface area contributed by atoms with Crippen LogP contribution in [-0.2, 0) is 14.3 Å². The van der Waals surface area contributed by atoms with E-state index in [2.05, 4.69) is 33.9 Å². The normalized spacial score (nSPS) is 12.0. The fraction of sp³-hybridized carbons (Fsp3) is 0.524. The zero-order chi connectivity index (χ0) is 21.5. The highest BCUT2D eigenvalue weighted by molar-refractivity contribution is 6.74. The van der Waals surface area contributed by atoms with Gasteiger partial charge in [0.25, 0.3) is 8.32 Å². The molecule has 0 aromatic heterocycles. The van der Waals surface area contributed by atoms with Crippen molar-refractivity contribution in [3.8, 4) is 17.2 Å². The summed E-state index contributed by atoms with van der Waals surface area (Å²) in [5.74, 6) is 0.748. The van der Waals surface area contributed by atoms with E-state index in [9.17, 15) is 9.59 Å². The Bertz CT molecular complexity index is 706. The highest BCUT2D eigenvalue weighted by atomic mass is 28.4. The van der Waals surface area contributed by atoms with Gasteiger partial charge in [-0.05, 0) is 48.8 Å². The van der Waals surface area contributed by atoms with Crippen LogP contribution in [0.15, 0.2) is 18.2 Å². The molecule has 6 nitrogen and oxygen atoms in total. The summed E-state index contributed by atoms with van der Waals surface area (Å²) in [6.07, 6.45) is 2.67. The van der Waals surface area contributed by atoms with Crippen molar-refractivity contribution >= 4 is 26.1 Å². The number of ketones is 1. The van der Waals surface area contributed by atoms with Gasteiger partial charge in [-0.25, -0.2) is 0 Å². The molecule has 156 valence electrons. The molecule has 28 heavy (non-hydrogen) atoms. The van der Waals surface area contributed by atoms with Crippen molar-refractivity contribution in [1.29, 1.82) is 0 Å². The third-order valence-corrected chi connectivity index (χ3v) is 9.06. The molecule has 0 atom stereocenters. The van der Waals surface area contributed by atoms with Crippen LogP contribution >= 0.6 is 0 Å². The van der Waals surface area contributed by atoms with Crippen LogP contribution in [0.3, 0.4) is 0 Å². The van der Waals surface area contributed by atoms with E-state index in [1.165, 1.54) is 6.08 Å². The molecule has 0 fully saturated rings. The third-order valence-electron chi connectivity index (χ3n) is 4.73. The Morgan fingerprint density at radius 1 is 1.07 bits per heavy atom. The predicted molar refractivity (Wildman–Crippen MR) is 113 cm³/mol. The lowest BCUT2D eigenvalue weighted by molar-refractivity contribution is -0.144. The average molecular weight is 409 g/mol. The minimum Gasteiger partial charge on any atom is -0.539 e. The maximum Gasteiger partial charge on any atom is 0.313 e. The monoisotopic (exact) mass is 408 g/mol. The molecule has 0 radical (unpaired) electrons. The molecule has 0 spiro atoms. The Morgan fingerprint density at radius 3 is 2.04 bits per heavy atom. The highest BCUT2D eigenvalue weighted by Gasteiger charge is 2.40. The van der Waals surface area contributed by atoms with Crippen molar-refractivity contribution in [2.75, 3.05) is 20.8 Å². The van der Waals surface area contributed by atoms with Gasteiger partial charge in [-0.3, -0.25) is 9.59 Å². The number of allylic oxidation sites excluding steroid dienone is 1. The fourth-order valence-corrected chi connectivity index (χ4v) is 3.13. The molecule has 1 aromatic rings. The summed E-state index contributed by atoms with van der Waals surface area (Å²) >= 11 is 0.